The Morgan fingerprint density at radius 1 is 0.515 bits per heavy atom. The van der Waals surface area contributed by atoms with Crippen molar-refractivity contribution in [1.29, 1.82) is 0 Å². The summed E-state index contributed by atoms with van der Waals surface area (Å²) in [7, 11) is 0. The van der Waals surface area contributed by atoms with Crippen molar-refractivity contribution in [1.82, 2.24) is 0 Å². The molecule has 0 unspecified atom stereocenters. The molecular formula is C33H34. The lowest BCUT2D eigenvalue weighted by molar-refractivity contribution is 0.593. The Labute approximate surface area is 198 Å². The van der Waals surface area contributed by atoms with Crippen molar-refractivity contribution in [3.8, 4) is 0 Å². The summed E-state index contributed by atoms with van der Waals surface area (Å²) in [5, 5.41) is 8.26. The van der Waals surface area contributed by atoms with E-state index in [4.69, 9.17) is 0 Å². The maximum Gasteiger partial charge on any atom is -0.00193 e. The molecule has 0 aliphatic heterocycles. The van der Waals surface area contributed by atoms with E-state index in [2.05, 4.69) is 126 Å². The molecule has 0 heterocycles. The highest BCUT2D eigenvalue weighted by atomic mass is 14.3. The number of rotatable bonds is 2. The van der Waals surface area contributed by atoms with Gasteiger partial charge in [0.05, 0.1) is 0 Å². The van der Waals surface area contributed by atoms with Crippen LogP contribution in [-0.2, 0) is 17.3 Å². The Balaban J connectivity index is 1.86. The van der Waals surface area contributed by atoms with Gasteiger partial charge in [0.1, 0.15) is 0 Å². The zero-order valence-electron chi connectivity index (χ0n) is 20.8. The normalized spacial score (nSPS) is 12.7. The predicted molar refractivity (Wildman–Crippen MR) is 146 cm³/mol. The molecule has 0 spiro atoms. The van der Waals surface area contributed by atoms with Gasteiger partial charge in [0.2, 0.25) is 0 Å². The lowest BCUT2D eigenvalue weighted by atomic mass is 9.73. The van der Waals surface area contributed by atoms with Gasteiger partial charge in [0, 0.05) is 0 Å². The third-order valence-electron chi connectivity index (χ3n) is 6.84. The molecule has 5 aromatic rings. The fourth-order valence-electron chi connectivity index (χ4n) is 5.61. The molecule has 5 aromatic carbocycles. The summed E-state index contributed by atoms with van der Waals surface area (Å²) in [6.45, 7) is 14.1. The quantitative estimate of drug-likeness (QED) is 0.245. The molecule has 5 rings (SSSR count). The standard InChI is InChI=1S/C33H34/c1-32(2,3)30-26-15-9-10-16-27(26)31(33(4,5)6)29-25(14-11-17-28(29)30)21-22-18-19-23-12-7-8-13-24(23)20-22/h7-20H,21H2,1-6H3. The maximum atomic E-state index is 2.36. The zero-order chi connectivity index (χ0) is 23.4. The highest BCUT2D eigenvalue weighted by Gasteiger charge is 2.28. The van der Waals surface area contributed by atoms with Crippen LogP contribution in [0.3, 0.4) is 0 Å². The van der Waals surface area contributed by atoms with Crippen LogP contribution in [0.2, 0.25) is 0 Å². The minimum absolute atomic E-state index is 0.0355. The van der Waals surface area contributed by atoms with Gasteiger partial charge in [-0.3, -0.25) is 0 Å². The summed E-state index contributed by atoms with van der Waals surface area (Å²) < 4.78 is 0. The van der Waals surface area contributed by atoms with Crippen LogP contribution in [0.25, 0.3) is 32.3 Å². The van der Waals surface area contributed by atoms with E-state index in [0.717, 1.165) is 6.42 Å². The summed E-state index contributed by atoms with van der Waals surface area (Å²) in [4.78, 5) is 0. The first-order valence-corrected chi connectivity index (χ1v) is 12.1. The van der Waals surface area contributed by atoms with Crippen molar-refractivity contribution in [3.05, 3.63) is 107 Å². The van der Waals surface area contributed by atoms with Crippen LogP contribution in [0.4, 0.5) is 0 Å². The SMILES string of the molecule is CC(C)(C)c1c2ccccc2c(C(C)(C)C)c2c(Cc3ccc4ccccc4c3)cccc12. The van der Waals surface area contributed by atoms with E-state index in [9.17, 15) is 0 Å². The maximum absolute atomic E-state index is 2.36. The van der Waals surface area contributed by atoms with Crippen LogP contribution in [0.1, 0.15) is 63.8 Å². The number of hydrogen-bond donors (Lipinski definition) is 0. The molecule has 0 saturated heterocycles. The number of benzene rings is 5. The second-order valence-corrected chi connectivity index (χ2v) is 11.5. The molecule has 0 bridgehead atoms. The van der Waals surface area contributed by atoms with Gasteiger partial charge in [-0.05, 0) is 71.8 Å². The van der Waals surface area contributed by atoms with E-state index in [1.54, 1.807) is 0 Å². The Hall–Kier alpha value is -3.12. The molecular weight excluding hydrogens is 396 g/mol. The van der Waals surface area contributed by atoms with E-state index in [-0.39, 0.29) is 10.8 Å². The Kier molecular flexibility index (Phi) is 5.09. The van der Waals surface area contributed by atoms with E-state index < -0.39 is 0 Å². The van der Waals surface area contributed by atoms with Gasteiger partial charge in [-0.1, -0.05) is 126 Å². The van der Waals surface area contributed by atoms with Gasteiger partial charge in [-0.2, -0.15) is 0 Å². The third-order valence-corrected chi connectivity index (χ3v) is 6.84. The first-order valence-electron chi connectivity index (χ1n) is 12.1. The highest BCUT2D eigenvalue weighted by Crippen LogP contribution is 2.45. The summed E-state index contributed by atoms with van der Waals surface area (Å²) in [5.41, 5.74) is 5.80. The minimum atomic E-state index is 0.0355. The molecule has 0 aliphatic carbocycles. The number of hydrogen-bond acceptors (Lipinski definition) is 0. The van der Waals surface area contributed by atoms with Crippen LogP contribution in [0.15, 0.2) is 84.9 Å². The average molecular weight is 431 g/mol. The molecule has 0 amide bonds. The second kappa shape index (κ2) is 7.73. The van der Waals surface area contributed by atoms with Crippen molar-refractivity contribution in [2.45, 2.75) is 58.8 Å². The van der Waals surface area contributed by atoms with E-state index in [1.165, 1.54) is 54.6 Å². The smallest absolute Gasteiger partial charge is 0.00193 e. The summed E-state index contributed by atoms with van der Waals surface area (Å²) in [6, 6.07) is 31.5. The van der Waals surface area contributed by atoms with Crippen LogP contribution in [-0.4, -0.2) is 0 Å². The predicted octanol–water partition coefficient (Wildman–Crippen LogP) is 9.33. The minimum Gasteiger partial charge on any atom is -0.0616 e. The van der Waals surface area contributed by atoms with Crippen LogP contribution < -0.4 is 0 Å². The van der Waals surface area contributed by atoms with Crippen LogP contribution >= 0.6 is 0 Å². The Bertz CT molecular complexity index is 1490. The lowest BCUT2D eigenvalue weighted by Crippen LogP contribution is -2.18. The first kappa shape index (κ1) is 21.7. The van der Waals surface area contributed by atoms with Crippen molar-refractivity contribution < 1.29 is 0 Å². The molecule has 166 valence electrons. The topological polar surface area (TPSA) is 0 Å². The van der Waals surface area contributed by atoms with Gasteiger partial charge in [-0.15, -0.1) is 0 Å². The van der Waals surface area contributed by atoms with E-state index in [0.29, 0.717) is 0 Å². The van der Waals surface area contributed by atoms with Crippen molar-refractivity contribution >= 4 is 32.3 Å². The van der Waals surface area contributed by atoms with Crippen LogP contribution in [0, 0.1) is 0 Å². The van der Waals surface area contributed by atoms with Gasteiger partial charge < -0.3 is 0 Å². The Morgan fingerprint density at radius 2 is 1.09 bits per heavy atom. The lowest BCUT2D eigenvalue weighted by Gasteiger charge is -2.31. The summed E-state index contributed by atoms with van der Waals surface area (Å²) in [5.74, 6) is 0. The van der Waals surface area contributed by atoms with Crippen molar-refractivity contribution in [3.63, 3.8) is 0 Å². The zero-order valence-corrected chi connectivity index (χ0v) is 20.8. The summed E-state index contributed by atoms with van der Waals surface area (Å²) >= 11 is 0. The van der Waals surface area contributed by atoms with Gasteiger partial charge in [-0.25, -0.2) is 0 Å². The van der Waals surface area contributed by atoms with Crippen molar-refractivity contribution in [2.24, 2.45) is 0 Å². The van der Waals surface area contributed by atoms with Gasteiger partial charge in [0.25, 0.3) is 0 Å². The molecule has 0 nitrogen and oxygen atoms in total. The van der Waals surface area contributed by atoms with E-state index in [1.807, 2.05) is 0 Å². The average Bonchev–Trinajstić information content (AvgIpc) is 2.76. The molecule has 0 atom stereocenters. The first-order chi connectivity index (χ1) is 15.6. The van der Waals surface area contributed by atoms with Gasteiger partial charge in [0.15, 0.2) is 0 Å². The van der Waals surface area contributed by atoms with Gasteiger partial charge >= 0.3 is 0 Å². The van der Waals surface area contributed by atoms with Crippen molar-refractivity contribution in [2.75, 3.05) is 0 Å². The molecule has 0 N–H and O–H groups in total. The third kappa shape index (κ3) is 3.82. The molecule has 0 heteroatoms. The molecule has 0 aromatic heterocycles. The van der Waals surface area contributed by atoms with Crippen LogP contribution in [0.5, 0.6) is 0 Å². The fraction of sp³-hybridized carbons (Fsp3) is 0.273. The molecule has 0 saturated carbocycles. The fourth-order valence-corrected chi connectivity index (χ4v) is 5.61. The monoisotopic (exact) mass is 430 g/mol. The molecule has 0 radical (unpaired) electrons. The molecule has 33 heavy (non-hydrogen) atoms. The highest BCUT2D eigenvalue weighted by molar-refractivity contribution is 6.08. The second-order valence-electron chi connectivity index (χ2n) is 11.5. The van der Waals surface area contributed by atoms with E-state index >= 15 is 0 Å². The molecule has 0 aliphatic rings. The number of fused-ring (bicyclic) bond motifs is 3. The largest absolute Gasteiger partial charge is 0.0616 e. The Morgan fingerprint density at radius 3 is 1.76 bits per heavy atom. The summed E-state index contributed by atoms with van der Waals surface area (Å²) in [6.07, 6.45) is 0.938. The molecule has 0 fully saturated rings.